The summed E-state index contributed by atoms with van der Waals surface area (Å²) in [5.41, 5.74) is 0.318. The highest BCUT2D eigenvalue weighted by molar-refractivity contribution is 6.42. The summed E-state index contributed by atoms with van der Waals surface area (Å²) in [5.74, 6) is -1.24. The van der Waals surface area contributed by atoms with Crippen LogP contribution in [0.3, 0.4) is 0 Å². The Bertz CT molecular complexity index is 481. The van der Waals surface area contributed by atoms with E-state index in [9.17, 15) is 13.6 Å². The van der Waals surface area contributed by atoms with Crippen molar-refractivity contribution in [3.8, 4) is 0 Å². The number of amides is 1. The third kappa shape index (κ3) is 2.45. The minimum Gasteiger partial charge on any atom is -0.340 e. The number of hydrogen-bond donors (Lipinski definition) is 0. The van der Waals surface area contributed by atoms with Crippen molar-refractivity contribution >= 4 is 29.1 Å². The number of likely N-dealkylation sites (tertiary alicyclic amines) is 1. The van der Waals surface area contributed by atoms with Gasteiger partial charge in [-0.05, 0) is 18.6 Å². The van der Waals surface area contributed by atoms with E-state index >= 15 is 0 Å². The summed E-state index contributed by atoms with van der Waals surface area (Å²) in [6.07, 6.45) is 0.558. The predicted molar refractivity (Wildman–Crippen MR) is 66.3 cm³/mol. The quantitative estimate of drug-likeness (QED) is 0.765. The Balaban J connectivity index is 2.24. The van der Waals surface area contributed by atoms with Crippen molar-refractivity contribution in [1.82, 2.24) is 4.90 Å². The van der Waals surface area contributed by atoms with Gasteiger partial charge in [0.15, 0.2) is 6.67 Å². The number of rotatable bonds is 2. The smallest absolute Gasteiger partial charge is 0.253 e. The Kier molecular flexibility index (Phi) is 4.07. The zero-order valence-electron chi connectivity index (χ0n) is 9.43. The normalized spacial score (nSPS) is 19.3. The number of alkyl halides is 1. The molecule has 2 nitrogen and oxygen atoms in total. The summed E-state index contributed by atoms with van der Waals surface area (Å²) in [7, 11) is 0. The first-order chi connectivity index (χ1) is 8.54. The maximum absolute atomic E-state index is 13.8. The van der Waals surface area contributed by atoms with E-state index in [1.165, 1.54) is 17.0 Å². The highest BCUT2D eigenvalue weighted by Gasteiger charge is 2.30. The van der Waals surface area contributed by atoms with Gasteiger partial charge in [-0.2, -0.15) is 0 Å². The van der Waals surface area contributed by atoms with Crippen molar-refractivity contribution in [1.29, 1.82) is 0 Å². The van der Waals surface area contributed by atoms with Crippen molar-refractivity contribution < 1.29 is 13.6 Å². The van der Waals surface area contributed by atoms with Crippen molar-refractivity contribution in [3.63, 3.8) is 0 Å². The second-order valence-corrected chi connectivity index (χ2v) is 5.00. The molecule has 6 heteroatoms. The van der Waals surface area contributed by atoms with Crippen LogP contribution in [0.2, 0.25) is 10.0 Å². The van der Waals surface area contributed by atoms with Gasteiger partial charge in [-0.3, -0.25) is 4.79 Å². The lowest BCUT2D eigenvalue weighted by atomic mass is 9.98. The van der Waals surface area contributed by atoms with Crippen LogP contribution < -0.4 is 0 Å². The second kappa shape index (κ2) is 5.41. The van der Waals surface area contributed by atoms with Gasteiger partial charge in [0.25, 0.3) is 5.91 Å². The minimum atomic E-state index is -1.03. The van der Waals surface area contributed by atoms with Gasteiger partial charge in [-0.1, -0.05) is 23.2 Å². The average molecular weight is 294 g/mol. The molecule has 1 saturated heterocycles. The van der Waals surface area contributed by atoms with Crippen LogP contribution in [0.4, 0.5) is 8.78 Å². The molecule has 0 saturated carbocycles. The largest absolute Gasteiger partial charge is 0.340 e. The van der Waals surface area contributed by atoms with E-state index in [1.54, 1.807) is 0 Å². The first-order valence-electron chi connectivity index (χ1n) is 5.51. The predicted octanol–water partition coefficient (Wildman–Crippen LogP) is 3.42. The molecule has 0 aromatic heterocycles. The summed E-state index contributed by atoms with van der Waals surface area (Å²) >= 11 is 11.8. The molecule has 1 aromatic rings. The lowest BCUT2D eigenvalue weighted by Crippen LogP contribution is -2.29. The van der Waals surface area contributed by atoms with Crippen molar-refractivity contribution in [2.75, 3.05) is 19.8 Å². The monoisotopic (exact) mass is 293 g/mol. The van der Waals surface area contributed by atoms with Gasteiger partial charge in [0, 0.05) is 24.6 Å². The van der Waals surface area contributed by atoms with E-state index in [0.717, 1.165) is 0 Å². The molecule has 0 N–H and O–H groups in total. The zero-order valence-corrected chi connectivity index (χ0v) is 10.9. The molecule has 18 heavy (non-hydrogen) atoms. The van der Waals surface area contributed by atoms with Gasteiger partial charge in [-0.15, -0.1) is 0 Å². The van der Waals surface area contributed by atoms with Gasteiger partial charge in [0.05, 0.1) is 10.0 Å². The highest BCUT2D eigenvalue weighted by Crippen LogP contribution is 2.37. The molecule has 0 bridgehead atoms. The molecule has 2 rings (SSSR count). The molecule has 1 aliphatic rings. The molecule has 0 unspecified atom stereocenters. The zero-order chi connectivity index (χ0) is 13.3. The van der Waals surface area contributed by atoms with Crippen LogP contribution in [-0.2, 0) is 4.79 Å². The summed E-state index contributed by atoms with van der Waals surface area (Å²) in [6, 6.07) is 2.64. The number of nitrogens with zero attached hydrogens (tertiary/aromatic N) is 1. The molecule has 0 spiro atoms. The van der Waals surface area contributed by atoms with E-state index in [0.29, 0.717) is 18.5 Å². The number of benzene rings is 1. The third-order valence-corrected chi connectivity index (χ3v) is 3.96. The fourth-order valence-electron chi connectivity index (χ4n) is 2.22. The Hall–Kier alpha value is -0.870. The second-order valence-electron chi connectivity index (χ2n) is 4.22. The molecule has 1 amide bonds. The molecular weight excluding hydrogens is 283 g/mol. The fraction of sp³-hybridized carbons (Fsp3) is 0.417. The third-order valence-electron chi connectivity index (χ3n) is 3.14. The van der Waals surface area contributed by atoms with Crippen molar-refractivity contribution in [3.05, 3.63) is 33.6 Å². The molecule has 1 heterocycles. The Labute approximate surface area is 113 Å². The fourth-order valence-corrected chi connectivity index (χ4v) is 2.70. The highest BCUT2D eigenvalue weighted by atomic mass is 35.5. The maximum Gasteiger partial charge on any atom is 0.253 e. The SMILES string of the molecule is O=C(CF)N1CC[C@H](c2c(F)ccc(Cl)c2Cl)C1. The lowest BCUT2D eigenvalue weighted by Gasteiger charge is -2.16. The molecule has 0 radical (unpaired) electrons. The molecule has 0 aliphatic carbocycles. The number of hydrogen-bond acceptors (Lipinski definition) is 1. The van der Waals surface area contributed by atoms with Crippen LogP contribution in [0, 0.1) is 5.82 Å². The first kappa shape index (κ1) is 13.6. The van der Waals surface area contributed by atoms with Crippen LogP contribution in [0.15, 0.2) is 12.1 Å². The van der Waals surface area contributed by atoms with Crippen LogP contribution in [0.5, 0.6) is 0 Å². The number of halogens is 4. The van der Waals surface area contributed by atoms with Crippen molar-refractivity contribution in [2.45, 2.75) is 12.3 Å². The molecule has 1 fully saturated rings. The van der Waals surface area contributed by atoms with Crippen LogP contribution in [-0.4, -0.2) is 30.6 Å². The topological polar surface area (TPSA) is 20.3 Å². The summed E-state index contributed by atoms with van der Waals surface area (Å²) in [4.78, 5) is 12.6. The molecular formula is C12H11Cl2F2NO. The molecule has 1 atom stereocenters. The standard InChI is InChI=1S/C12H11Cl2F2NO/c13-8-1-2-9(16)11(12(8)14)7-3-4-17(6-7)10(18)5-15/h1-2,7H,3-6H2/t7-/m0/s1. The van der Waals surface area contributed by atoms with Gasteiger partial charge in [0.1, 0.15) is 5.82 Å². The Morgan fingerprint density at radius 2 is 2.17 bits per heavy atom. The first-order valence-corrected chi connectivity index (χ1v) is 6.27. The maximum atomic E-state index is 13.8. The van der Waals surface area contributed by atoms with E-state index < -0.39 is 18.4 Å². The van der Waals surface area contributed by atoms with E-state index in [2.05, 4.69) is 0 Å². The number of carbonyl (C=O) groups is 1. The van der Waals surface area contributed by atoms with Crippen LogP contribution >= 0.6 is 23.2 Å². The van der Waals surface area contributed by atoms with Crippen molar-refractivity contribution in [2.24, 2.45) is 0 Å². The van der Waals surface area contributed by atoms with Gasteiger partial charge in [-0.25, -0.2) is 8.78 Å². The van der Waals surface area contributed by atoms with Crippen LogP contribution in [0.25, 0.3) is 0 Å². The molecule has 1 aromatic carbocycles. The van der Waals surface area contributed by atoms with E-state index in [-0.39, 0.29) is 22.5 Å². The molecule has 98 valence electrons. The summed E-state index contributed by atoms with van der Waals surface area (Å²) in [6.45, 7) is -0.339. The Morgan fingerprint density at radius 1 is 1.44 bits per heavy atom. The summed E-state index contributed by atoms with van der Waals surface area (Å²) in [5, 5.41) is 0.458. The lowest BCUT2D eigenvalue weighted by molar-refractivity contribution is -0.131. The Morgan fingerprint density at radius 3 is 2.83 bits per heavy atom. The van der Waals surface area contributed by atoms with Gasteiger partial charge in [0.2, 0.25) is 0 Å². The van der Waals surface area contributed by atoms with Crippen LogP contribution in [0.1, 0.15) is 17.9 Å². The van der Waals surface area contributed by atoms with Gasteiger partial charge >= 0.3 is 0 Å². The van der Waals surface area contributed by atoms with E-state index in [4.69, 9.17) is 23.2 Å². The summed E-state index contributed by atoms with van der Waals surface area (Å²) < 4.78 is 26.1. The molecule has 1 aliphatic heterocycles. The van der Waals surface area contributed by atoms with E-state index in [1.807, 2.05) is 0 Å². The minimum absolute atomic E-state index is 0.177. The average Bonchev–Trinajstić information content (AvgIpc) is 2.83. The number of carbonyl (C=O) groups excluding carboxylic acids is 1. The van der Waals surface area contributed by atoms with Gasteiger partial charge < -0.3 is 4.90 Å².